The van der Waals surface area contributed by atoms with Crippen molar-refractivity contribution in [1.29, 1.82) is 0 Å². The average Bonchev–Trinajstić information content (AvgIpc) is 2.23. The van der Waals surface area contributed by atoms with Crippen LogP contribution in [0.15, 0.2) is 0 Å². The fourth-order valence-corrected chi connectivity index (χ4v) is 2.03. The second kappa shape index (κ2) is 6.46. The van der Waals surface area contributed by atoms with E-state index in [9.17, 15) is 0 Å². The zero-order valence-electron chi connectivity index (χ0n) is 10.6. The van der Waals surface area contributed by atoms with Crippen LogP contribution in [0.1, 0.15) is 33.6 Å². The molecule has 15 heavy (non-hydrogen) atoms. The lowest BCUT2D eigenvalue weighted by molar-refractivity contribution is -0.0497. The summed E-state index contributed by atoms with van der Waals surface area (Å²) < 4.78 is 5.61. The normalized spacial score (nSPS) is 30.4. The minimum absolute atomic E-state index is 0.405. The molecule has 1 N–H and O–H groups in total. The van der Waals surface area contributed by atoms with Crippen molar-refractivity contribution in [2.24, 2.45) is 0 Å². The van der Waals surface area contributed by atoms with Crippen LogP contribution in [0.4, 0.5) is 0 Å². The molecule has 3 unspecified atom stereocenters. The van der Waals surface area contributed by atoms with Crippen LogP contribution in [-0.2, 0) is 4.74 Å². The van der Waals surface area contributed by atoms with Gasteiger partial charge in [-0.25, -0.2) is 0 Å². The maximum absolute atomic E-state index is 5.61. The van der Waals surface area contributed by atoms with Crippen LogP contribution in [0, 0.1) is 0 Å². The molecule has 1 rings (SSSR count). The highest BCUT2D eigenvalue weighted by atomic mass is 16.5. The largest absolute Gasteiger partial charge is 0.376 e. The van der Waals surface area contributed by atoms with Crippen molar-refractivity contribution in [2.75, 3.05) is 26.7 Å². The molecule has 1 fully saturated rings. The van der Waals surface area contributed by atoms with Gasteiger partial charge >= 0.3 is 0 Å². The lowest BCUT2D eigenvalue weighted by atomic mass is 10.1. The summed E-state index contributed by atoms with van der Waals surface area (Å²) in [7, 11) is 2.03. The van der Waals surface area contributed by atoms with Gasteiger partial charge in [0.05, 0.1) is 12.7 Å². The van der Waals surface area contributed by atoms with E-state index < -0.39 is 0 Å². The fourth-order valence-electron chi connectivity index (χ4n) is 2.03. The van der Waals surface area contributed by atoms with Gasteiger partial charge in [-0.15, -0.1) is 0 Å². The Balaban J connectivity index is 2.18. The molecule has 0 spiro atoms. The van der Waals surface area contributed by atoms with E-state index in [2.05, 4.69) is 31.0 Å². The number of ether oxygens (including phenoxy) is 1. The molecule has 3 heteroatoms. The average molecular weight is 214 g/mol. The van der Waals surface area contributed by atoms with Crippen molar-refractivity contribution < 1.29 is 4.74 Å². The molecular formula is C12H26N2O. The molecule has 0 aromatic heterocycles. The van der Waals surface area contributed by atoms with E-state index in [0.717, 1.165) is 13.2 Å². The van der Waals surface area contributed by atoms with Crippen LogP contribution in [0.25, 0.3) is 0 Å². The Labute approximate surface area is 94.2 Å². The summed E-state index contributed by atoms with van der Waals surface area (Å²) in [6, 6.07) is 1.23. The number of hydrogen-bond acceptors (Lipinski definition) is 3. The van der Waals surface area contributed by atoms with Crippen LogP contribution >= 0.6 is 0 Å². The summed E-state index contributed by atoms with van der Waals surface area (Å²) in [5, 5.41) is 3.28. The number of morpholine rings is 1. The van der Waals surface area contributed by atoms with E-state index >= 15 is 0 Å². The van der Waals surface area contributed by atoms with E-state index in [0.29, 0.717) is 18.2 Å². The third-order valence-electron chi connectivity index (χ3n) is 3.31. The van der Waals surface area contributed by atoms with Crippen LogP contribution < -0.4 is 5.32 Å². The van der Waals surface area contributed by atoms with E-state index in [1.807, 2.05) is 7.05 Å². The third-order valence-corrected chi connectivity index (χ3v) is 3.31. The van der Waals surface area contributed by atoms with Gasteiger partial charge in [0.1, 0.15) is 0 Å². The van der Waals surface area contributed by atoms with Crippen molar-refractivity contribution >= 4 is 0 Å². The van der Waals surface area contributed by atoms with Gasteiger partial charge in [-0.3, -0.25) is 4.90 Å². The number of nitrogens with zero attached hydrogens (tertiary/aromatic N) is 1. The zero-order chi connectivity index (χ0) is 11.3. The second-order valence-electron chi connectivity index (χ2n) is 4.82. The van der Waals surface area contributed by atoms with Crippen LogP contribution in [-0.4, -0.2) is 49.8 Å². The molecule has 0 aliphatic carbocycles. The van der Waals surface area contributed by atoms with Crippen molar-refractivity contribution in [3.63, 3.8) is 0 Å². The molecule has 0 bridgehead atoms. The molecule has 0 radical (unpaired) electrons. The molecule has 0 aromatic rings. The highest BCUT2D eigenvalue weighted by molar-refractivity contribution is 4.75. The first-order valence-electron chi connectivity index (χ1n) is 6.16. The number of rotatable bonds is 5. The van der Waals surface area contributed by atoms with Gasteiger partial charge in [0.15, 0.2) is 0 Å². The van der Waals surface area contributed by atoms with Crippen molar-refractivity contribution in [2.45, 2.75) is 51.8 Å². The van der Waals surface area contributed by atoms with Crippen molar-refractivity contribution in [3.05, 3.63) is 0 Å². The molecule has 1 aliphatic heterocycles. The molecule has 1 saturated heterocycles. The molecule has 90 valence electrons. The van der Waals surface area contributed by atoms with Crippen LogP contribution in [0.5, 0.6) is 0 Å². The topological polar surface area (TPSA) is 24.5 Å². The molecule has 0 aromatic carbocycles. The van der Waals surface area contributed by atoms with Gasteiger partial charge in [0, 0.05) is 18.6 Å². The third kappa shape index (κ3) is 4.49. The maximum atomic E-state index is 5.61. The van der Waals surface area contributed by atoms with Gasteiger partial charge in [0.25, 0.3) is 0 Å². The Morgan fingerprint density at radius 3 is 2.87 bits per heavy atom. The van der Waals surface area contributed by atoms with Gasteiger partial charge in [-0.05, 0) is 47.2 Å². The van der Waals surface area contributed by atoms with Crippen LogP contribution in [0.3, 0.4) is 0 Å². The van der Waals surface area contributed by atoms with E-state index in [1.54, 1.807) is 0 Å². The monoisotopic (exact) mass is 214 g/mol. The van der Waals surface area contributed by atoms with E-state index in [-0.39, 0.29) is 0 Å². The summed E-state index contributed by atoms with van der Waals surface area (Å²) in [4.78, 5) is 2.55. The van der Waals surface area contributed by atoms with Crippen molar-refractivity contribution in [1.82, 2.24) is 10.2 Å². The minimum atomic E-state index is 0.405. The standard InChI is InChI=1S/C12H26N2O/c1-10(13-4)6-5-7-14-8-12(3)15-9-11(14)2/h10-13H,5-9H2,1-4H3. The fraction of sp³-hybridized carbons (Fsp3) is 1.00. The Morgan fingerprint density at radius 2 is 2.20 bits per heavy atom. The second-order valence-corrected chi connectivity index (χ2v) is 4.82. The molecule has 0 saturated carbocycles. The summed E-state index contributed by atoms with van der Waals surface area (Å²) >= 11 is 0. The summed E-state index contributed by atoms with van der Waals surface area (Å²) in [5.74, 6) is 0. The first kappa shape index (κ1) is 12.9. The summed E-state index contributed by atoms with van der Waals surface area (Å²) in [6.45, 7) is 9.85. The van der Waals surface area contributed by atoms with Crippen molar-refractivity contribution in [3.8, 4) is 0 Å². The Hall–Kier alpha value is -0.120. The Bertz CT molecular complexity index is 175. The van der Waals surface area contributed by atoms with E-state index in [4.69, 9.17) is 4.74 Å². The number of hydrogen-bond donors (Lipinski definition) is 1. The summed E-state index contributed by atoms with van der Waals surface area (Å²) in [6.07, 6.45) is 2.94. The Morgan fingerprint density at radius 1 is 1.47 bits per heavy atom. The Kier molecular flexibility index (Phi) is 5.58. The molecule has 1 heterocycles. The van der Waals surface area contributed by atoms with Gasteiger partial charge in [-0.2, -0.15) is 0 Å². The minimum Gasteiger partial charge on any atom is -0.376 e. The predicted molar refractivity (Wildman–Crippen MR) is 64.2 cm³/mol. The molecule has 0 amide bonds. The smallest absolute Gasteiger partial charge is 0.0674 e. The SMILES string of the molecule is CNC(C)CCCN1CC(C)OCC1C. The lowest BCUT2D eigenvalue weighted by Gasteiger charge is -2.36. The predicted octanol–water partition coefficient (Wildman–Crippen LogP) is 1.48. The first-order valence-corrected chi connectivity index (χ1v) is 6.16. The maximum Gasteiger partial charge on any atom is 0.0674 e. The van der Waals surface area contributed by atoms with Gasteiger partial charge in [0.2, 0.25) is 0 Å². The van der Waals surface area contributed by atoms with Gasteiger partial charge < -0.3 is 10.1 Å². The highest BCUT2D eigenvalue weighted by Gasteiger charge is 2.22. The molecule has 3 nitrogen and oxygen atoms in total. The quantitative estimate of drug-likeness (QED) is 0.750. The van der Waals surface area contributed by atoms with Gasteiger partial charge in [-0.1, -0.05) is 0 Å². The zero-order valence-corrected chi connectivity index (χ0v) is 10.6. The molecule has 1 aliphatic rings. The summed E-state index contributed by atoms with van der Waals surface area (Å²) in [5.41, 5.74) is 0. The molecule has 3 atom stereocenters. The lowest BCUT2D eigenvalue weighted by Crippen LogP contribution is -2.47. The van der Waals surface area contributed by atoms with Crippen LogP contribution in [0.2, 0.25) is 0 Å². The number of nitrogens with one attached hydrogen (secondary N) is 1. The van der Waals surface area contributed by atoms with E-state index in [1.165, 1.54) is 19.4 Å². The first-order chi connectivity index (χ1) is 7.13. The molecular weight excluding hydrogens is 188 g/mol. The highest BCUT2D eigenvalue weighted by Crippen LogP contribution is 2.12.